The number of esters is 1. The Hall–Kier alpha value is -5.02. The molecule has 7 rings (SSSR count). The Morgan fingerprint density at radius 3 is 2.19 bits per heavy atom. The van der Waals surface area contributed by atoms with Gasteiger partial charge in [-0.2, -0.15) is 0 Å². The number of allylic oxidation sites excluding steroid dienone is 3. The number of β-lactam (4-membered cyclic amide) rings is 1. The number of rotatable bonds is 27. The minimum atomic E-state index is -0.650. The first-order valence-corrected chi connectivity index (χ1v) is 28.1. The topological polar surface area (TPSA) is 118 Å². The SMILES string of the molecule is CCC(C)C(=O)CC(O)CC(C)CCC1C(C)C=CC2=CC(CC(=O)CCCC(=O)Cc3ccc(C4C(CCC(c5ccc(C)cc5)C5CCC5)C(=O)N4c4ccc(F)cc4)cc3)CC(OC(=O)C(C)CC)C21. The number of hydrogen-bond donors (Lipinski definition) is 1. The molecule has 4 aliphatic rings. The number of fused-ring (bicyclic) bond motifs is 1. The maximum atomic E-state index is 14.0. The Morgan fingerprint density at radius 2 is 1.53 bits per heavy atom. The maximum absolute atomic E-state index is 14.0. The standard InChI is InChI=1S/C64H84FNO7/c1-8-42(5)59(70)39-55(69)34-41(4)18-31-56-44(7)19-24-50-35-46(38-60(61(50)56)73-64(72)43(6)9-2)37-54(68)15-11-14-53(67)36-45-20-25-49(26-21-45)62-58(63(71)66(62)52-29-27-51(65)28-30-52)33-32-57(47-12-10-13-47)48-22-16-40(3)17-23-48/h16-17,19-30,35,41-44,46-47,55-58,60-62,69H,8-15,18,31-34,36-39H2,1-7H3. The number of hydrogen-bond acceptors (Lipinski definition) is 7. The number of amides is 1. The lowest BCUT2D eigenvalue weighted by Crippen LogP contribution is -2.55. The summed E-state index contributed by atoms with van der Waals surface area (Å²) >= 11 is 0. The summed E-state index contributed by atoms with van der Waals surface area (Å²) in [5, 5.41) is 10.8. The first-order chi connectivity index (χ1) is 35.0. The van der Waals surface area contributed by atoms with Gasteiger partial charge in [0.1, 0.15) is 29.3 Å². The fourth-order valence-corrected chi connectivity index (χ4v) is 12.3. The molecule has 1 amide bonds. The van der Waals surface area contributed by atoms with E-state index in [9.17, 15) is 33.5 Å². The molecular weight excluding hydrogens is 914 g/mol. The van der Waals surface area contributed by atoms with Gasteiger partial charge >= 0.3 is 5.97 Å². The van der Waals surface area contributed by atoms with Gasteiger partial charge in [0.2, 0.25) is 5.91 Å². The summed E-state index contributed by atoms with van der Waals surface area (Å²) in [6.07, 6.45) is 17.2. The molecule has 0 aromatic heterocycles. The molecule has 1 saturated carbocycles. The number of benzene rings is 3. The van der Waals surface area contributed by atoms with Gasteiger partial charge in [-0.25, -0.2) is 4.39 Å². The summed E-state index contributed by atoms with van der Waals surface area (Å²) < 4.78 is 20.4. The van der Waals surface area contributed by atoms with Gasteiger partial charge in [0.25, 0.3) is 0 Å². The molecule has 12 atom stereocenters. The van der Waals surface area contributed by atoms with Gasteiger partial charge in [-0.3, -0.25) is 24.0 Å². The van der Waals surface area contributed by atoms with Gasteiger partial charge in [-0.1, -0.05) is 127 Å². The molecule has 0 bridgehead atoms. The van der Waals surface area contributed by atoms with Crippen molar-refractivity contribution in [3.63, 3.8) is 0 Å². The summed E-state index contributed by atoms with van der Waals surface area (Å²) in [7, 11) is 0. The smallest absolute Gasteiger partial charge is 0.308 e. The molecule has 3 aromatic carbocycles. The van der Waals surface area contributed by atoms with Crippen LogP contribution >= 0.6 is 0 Å². The predicted molar refractivity (Wildman–Crippen MR) is 288 cm³/mol. The van der Waals surface area contributed by atoms with Gasteiger partial charge in [0.05, 0.1) is 24.0 Å². The normalized spacial score (nSPS) is 24.8. The van der Waals surface area contributed by atoms with Crippen molar-refractivity contribution in [2.45, 2.75) is 182 Å². The van der Waals surface area contributed by atoms with E-state index in [4.69, 9.17) is 4.74 Å². The molecule has 2 fully saturated rings. The minimum Gasteiger partial charge on any atom is -0.461 e. The largest absolute Gasteiger partial charge is 0.461 e. The lowest BCUT2D eigenvalue weighted by atomic mass is 9.64. The number of Topliss-reactive ketones (excluding diaryl/α,β-unsaturated/α-hetero) is 3. The lowest BCUT2D eigenvalue weighted by Gasteiger charge is -2.48. The molecule has 1 aliphatic heterocycles. The fourth-order valence-electron chi connectivity index (χ4n) is 12.3. The molecule has 1 saturated heterocycles. The number of aliphatic hydroxyl groups excluding tert-OH is 1. The number of ether oxygens (including phenoxy) is 1. The third kappa shape index (κ3) is 14.4. The second-order valence-corrected chi connectivity index (χ2v) is 23.0. The molecule has 1 N–H and O–H groups in total. The van der Waals surface area contributed by atoms with Gasteiger partial charge < -0.3 is 14.7 Å². The second kappa shape index (κ2) is 26.0. The summed E-state index contributed by atoms with van der Waals surface area (Å²) in [5.74, 6) is 1.00. The van der Waals surface area contributed by atoms with E-state index in [2.05, 4.69) is 63.3 Å². The highest BCUT2D eigenvalue weighted by molar-refractivity contribution is 6.03. The number of aliphatic hydroxyl groups is 1. The maximum Gasteiger partial charge on any atom is 0.308 e. The van der Waals surface area contributed by atoms with Crippen LogP contribution in [0.1, 0.15) is 178 Å². The molecule has 73 heavy (non-hydrogen) atoms. The highest BCUT2D eigenvalue weighted by Gasteiger charge is 2.49. The summed E-state index contributed by atoms with van der Waals surface area (Å²) in [6, 6.07) is 22.8. The number of halogens is 1. The zero-order valence-electron chi connectivity index (χ0n) is 44.9. The Bertz CT molecular complexity index is 2400. The number of carbonyl (C=O) groups excluding carboxylic acids is 5. The zero-order chi connectivity index (χ0) is 52.3. The molecule has 0 spiro atoms. The van der Waals surface area contributed by atoms with Crippen LogP contribution in [0.5, 0.6) is 0 Å². The molecule has 3 aliphatic carbocycles. The van der Waals surface area contributed by atoms with Crippen LogP contribution in [0.15, 0.2) is 96.6 Å². The van der Waals surface area contributed by atoms with Crippen molar-refractivity contribution in [2.75, 3.05) is 4.90 Å². The number of ketones is 3. The van der Waals surface area contributed by atoms with E-state index in [1.807, 2.05) is 52.0 Å². The van der Waals surface area contributed by atoms with Crippen LogP contribution in [-0.2, 0) is 35.1 Å². The van der Waals surface area contributed by atoms with E-state index < -0.39 is 6.10 Å². The summed E-state index contributed by atoms with van der Waals surface area (Å²) in [5.41, 5.74) is 6.27. The van der Waals surface area contributed by atoms with Crippen molar-refractivity contribution in [1.29, 1.82) is 0 Å². The zero-order valence-corrected chi connectivity index (χ0v) is 44.9. The third-order valence-electron chi connectivity index (χ3n) is 17.5. The third-order valence-corrected chi connectivity index (χ3v) is 17.5. The number of anilines is 1. The van der Waals surface area contributed by atoms with E-state index in [0.29, 0.717) is 62.5 Å². The average molecular weight is 998 g/mol. The van der Waals surface area contributed by atoms with Crippen molar-refractivity contribution >= 4 is 34.9 Å². The molecule has 0 radical (unpaired) electrons. The minimum absolute atomic E-state index is 0.0142. The number of nitrogens with zero attached hydrogens (tertiary/aromatic N) is 1. The van der Waals surface area contributed by atoms with Crippen molar-refractivity contribution in [1.82, 2.24) is 0 Å². The van der Waals surface area contributed by atoms with Crippen LogP contribution < -0.4 is 4.90 Å². The van der Waals surface area contributed by atoms with Crippen LogP contribution in [0.25, 0.3) is 0 Å². The van der Waals surface area contributed by atoms with Crippen molar-refractivity contribution in [2.24, 2.45) is 53.3 Å². The van der Waals surface area contributed by atoms with E-state index in [1.54, 1.807) is 17.0 Å². The Labute approximate surface area is 436 Å². The van der Waals surface area contributed by atoms with Crippen LogP contribution in [0.2, 0.25) is 0 Å². The lowest BCUT2D eigenvalue weighted by molar-refractivity contribution is -0.158. The van der Waals surface area contributed by atoms with E-state index in [0.717, 1.165) is 48.8 Å². The number of carbonyl (C=O) groups is 5. The molecule has 3 aromatic rings. The summed E-state index contributed by atoms with van der Waals surface area (Å²) in [4.78, 5) is 68.6. The highest BCUT2D eigenvalue weighted by atomic mass is 19.1. The van der Waals surface area contributed by atoms with Gasteiger partial charge in [0, 0.05) is 49.6 Å². The molecule has 12 unspecified atom stereocenters. The Morgan fingerprint density at radius 1 is 0.849 bits per heavy atom. The summed E-state index contributed by atoms with van der Waals surface area (Å²) in [6.45, 7) is 14.3. The van der Waals surface area contributed by atoms with Crippen LogP contribution in [0.3, 0.4) is 0 Å². The average Bonchev–Trinajstić information content (AvgIpc) is 3.34. The van der Waals surface area contributed by atoms with Gasteiger partial charge in [-0.05, 0) is 153 Å². The second-order valence-electron chi connectivity index (χ2n) is 23.0. The molecule has 9 heteroatoms. The van der Waals surface area contributed by atoms with Gasteiger partial charge in [0.15, 0.2) is 0 Å². The predicted octanol–water partition coefficient (Wildman–Crippen LogP) is 14.0. The Kier molecular flexibility index (Phi) is 19.8. The van der Waals surface area contributed by atoms with Crippen LogP contribution in [0.4, 0.5) is 10.1 Å². The van der Waals surface area contributed by atoms with Crippen molar-refractivity contribution in [3.8, 4) is 0 Å². The highest BCUT2D eigenvalue weighted by Crippen LogP contribution is 2.50. The first kappa shape index (κ1) is 55.7. The number of aryl methyl sites for hydroxylation is 1. The molecular formula is C64H84FNO7. The van der Waals surface area contributed by atoms with Crippen molar-refractivity contribution in [3.05, 3.63) is 125 Å². The van der Waals surface area contributed by atoms with E-state index in [1.165, 1.54) is 42.5 Å². The van der Waals surface area contributed by atoms with Crippen LogP contribution in [-0.4, -0.2) is 46.5 Å². The monoisotopic (exact) mass is 998 g/mol. The molecule has 1 heterocycles. The quantitative estimate of drug-likeness (QED) is 0.0597. The van der Waals surface area contributed by atoms with Gasteiger partial charge in [-0.15, -0.1) is 0 Å². The Balaban J connectivity index is 0.934. The van der Waals surface area contributed by atoms with Crippen molar-refractivity contribution < 1.29 is 38.2 Å². The van der Waals surface area contributed by atoms with Crippen LogP contribution in [0, 0.1) is 66.0 Å². The molecule has 394 valence electrons. The first-order valence-electron chi connectivity index (χ1n) is 28.1. The van der Waals surface area contributed by atoms with E-state index >= 15 is 0 Å². The fraction of sp³-hybridized carbons (Fsp3) is 0.578. The molecule has 8 nitrogen and oxygen atoms in total. The van der Waals surface area contributed by atoms with E-state index in [-0.39, 0.29) is 107 Å².